The van der Waals surface area contributed by atoms with Gasteiger partial charge in [0.2, 0.25) is 5.91 Å². The first-order chi connectivity index (χ1) is 12.8. The maximum absolute atomic E-state index is 12.0. The molecule has 0 atom stereocenters. The Labute approximate surface area is 154 Å². The van der Waals surface area contributed by atoms with Crippen molar-refractivity contribution in [2.24, 2.45) is 5.92 Å². The summed E-state index contributed by atoms with van der Waals surface area (Å²) >= 11 is 0. The van der Waals surface area contributed by atoms with Gasteiger partial charge in [-0.3, -0.25) is 4.79 Å². The van der Waals surface area contributed by atoms with E-state index in [0.717, 1.165) is 43.7 Å². The lowest BCUT2D eigenvalue weighted by Gasteiger charge is -2.28. The fourth-order valence-electron chi connectivity index (χ4n) is 3.51. The van der Waals surface area contributed by atoms with E-state index in [9.17, 15) is 4.79 Å². The molecule has 5 heteroatoms. The van der Waals surface area contributed by atoms with Gasteiger partial charge in [-0.05, 0) is 68.5 Å². The van der Waals surface area contributed by atoms with Crippen LogP contribution in [0, 0.1) is 5.92 Å². The lowest BCUT2D eigenvalue weighted by atomic mass is 9.85. The van der Waals surface area contributed by atoms with Gasteiger partial charge >= 0.3 is 0 Å². The van der Waals surface area contributed by atoms with Crippen LogP contribution in [0.25, 0.3) is 0 Å². The molecule has 2 aliphatic rings. The van der Waals surface area contributed by atoms with Crippen LogP contribution < -0.4 is 15.5 Å². The molecule has 26 heavy (non-hydrogen) atoms. The van der Waals surface area contributed by atoms with E-state index in [1.165, 1.54) is 24.9 Å². The van der Waals surface area contributed by atoms with Crippen LogP contribution in [-0.4, -0.2) is 24.0 Å². The van der Waals surface area contributed by atoms with Crippen molar-refractivity contribution >= 4 is 28.8 Å². The standard InChI is InChI=1S/C21H26N4O/c26-21(16-5-4-6-16)24-20-12-9-18(15-22-20)23-17-7-10-19(11-8-17)25-13-2-1-3-14-25/h7-12,15-16,23H,1-6,13-14H2,(H,22,24,26). The van der Waals surface area contributed by atoms with Gasteiger partial charge in [0.05, 0.1) is 11.9 Å². The number of nitrogens with one attached hydrogen (secondary N) is 2. The Morgan fingerprint density at radius 3 is 2.27 bits per heavy atom. The molecule has 0 radical (unpaired) electrons. The topological polar surface area (TPSA) is 57.3 Å². The van der Waals surface area contributed by atoms with Crippen LogP contribution in [0.15, 0.2) is 42.6 Å². The summed E-state index contributed by atoms with van der Waals surface area (Å²) in [6.45, 7) is 2.31. The number of nitrogens with zero attached hydrogens (tertiary/aromatic N) is 2. The molecule has 5 nitrogen and oxygen atoms in total. The zero-order valence-corrected chi connectivity index (χ0v) is 15.1. The molecule has 2 aromatic rings. The number of hydrogen-bond acceptors (Lipinski definition) is 4. The molecule has 1 aliphatic carbocycles. The van der Waals surface area contributed by atoms with Gasteiger partial charge in [0.15, 0.2) is 0 Å². The van der Waals surface area contributed by atoms with Gasteiger partial charge in [-0.25, -0.2) is 4.98 Å². The molecule has 0 unspecified atom stereocenters. The van der Waals surface area contributed by atoms with Crippen LogP contribution >= 0.6 is 0 Å². The zero-order chi connectivity index (χ0) is 17.8. The number of amides is 1. The minimum absolute atomic E-state index is 0.0951. The Hall–Kier alpha value is -2.56. The van der Waals surface area contributed by atoms with E-state index in [1.807, 2.05) is 12.1 Å². The number of pyridine rings is 1. The number of hydrogen-bond donors (Lipinski definition) is 2. The van der Waals surface area contributed by atoms with Crippen molar-refractivity contribution < 1.29 is 4.79 Å². The van der Waals surface area contributed by atoms with E-state index in [0.29, 0.717) is 5.82 Å². The molecule has 2 N–H and O–H groups in total. The molecule has 1 saturated carbocycles. The zero-order valence-electron chi connectivity index (χ0n) is 15.1. The van der Waals surface area contributed by atoms with E-state index in [-0.39, 0.29) is 11.8 Å². The second-order valence-electron chi connectivity index (χ2n) is 7.27. The number of benzene rings is 1. The Morgan fingerprint density at radius 1 is 0.923 bits per heavy atom. The highest BCUT2D eigenvalue weighted by atomic mass is 16.2. The summed E-state index contributed by atoms with van der Waals surface area (Å²) in [5.74, 6) is 0.888. The minimum atomic E-state index is 0.0951. The Bertz CT molecular complexity index is 732. The van der Waals surface area contributed by atoms with Crippen molar-refractivity contribution in [2.45, 2.75) is 38.5 Å². The number of aromatic nitrogens is 1. The van der Waals surface area contributed by atoms with E-state index < -0.39 is 0 Å². The number of carbonyl (C=O) groups is 1. The fourth-order valence-corrected chi connectivity index (χ4v) is 3.51. The number of carbonyl (C=O) groups excluding carboxylic acids is 1. The monoisotopic (exact) mass is 350 g/mol. The second-order valence-corrected chi connectivity index (χ2v) is 7.27. The summed E-state index contributed by atoms with van der Waals surface area (Å²) in [5, 5.41) is 6.26. The molecular weight excluding hydrogens is 324 g/mol. The minimum Gasteiger partial charge on any atom is -0.372 e. The van der Waals surface area contributed by atoms with Crippen molar-refractivity contribution in [2.75, 3.05) is 28.6 Å². The third kappa shape index (κ3) is 3.98. The van der Waals surface area contributed by atoms with Crippen LogP contribution in [0.3, 0.4) is 0 Å². The summed E-state index contributed by atoms with van der Waals surface area (Å²) in [6.07, 6.45) is 8.84. The molecule has 0 bridgehead atoms. The second kappa shape index (κ2) is 7.77. The number of anilines is 4. The lowest BCUT2D eigenvalue weighted by molar-refractivity contribution is -0.122. The average Bonchev–Trinajstić information content (AvgIpc) is 2.63. The molecule has 2 fully saturated rings. The lowest BCUT2D eigenvalue weighted by Crippen LogP contribution is -2.29. The average molecular weight is 350 g/mol. The van der Waals surface area contributed by atoms with Crippen molar-refractivity contribution in [1.82, 2.24) is 4.98 Å². The maximum atomic E-state index is 12.0. The summed E-state index contributed by atoms with van der Waals surface area (Å²) in [5.41, 5.74) is 3.25. The number of rotatable bonds is 5. The van der Waals surface area contributed by atoms with E-state index >= 15 is 0 Å². The van der Waals surface area contributed by atoms with Gasteiger partial charge < -0.3 is 15.5 Å². The largest absolute Gasteiger partial charge is 0.372 e. The Balaban J connectivity index is 1.33. The molecule has 136 valence electrons. The molecule has 1 amide bonds. The summed E-state index contributed by atoms with van der Waals surface area (Å²) in [4.78, 5) is 18.8. The maximum Gasteiger partial charge on any atom is 0.228 e. The molecular formula is C21H26N4O. The van der Waals surface area contributed by atoms with E-state index in [1.54, 1.807) is 6.20 Å². The Morgan fingerprint density at radius 2 is 1.65 bits per heavy atom. The van der Waals surface area contributed by atoms with Gasteiger partial charge in [-0.15, -0.1) is 0 Å². The van der Waals surface area contributed by atoms with Gasteiger partial charge in [0.1, 0.15) is 5.82 Å². The predicted octanol–water partition coefficient (Wildman–Crippen LogP) is 4.55. The Kier molecular flexibility index (Phi) is 5.04. The first-order valence-electron chi connectivity index (χ1n) is 9.67. The molecule has 1 aromatic carbocycles. The van der Waals surface area contributed by atoms with Crippen LogP contribution in [-0.2, 0) is 4.79 Å². The molecule has 1 aliphatic heterocycles. The van der Waals surface area contributed by atoms with Crippen LogP contribution in [0.2, 0.25) is 0 Å². The normalized spacial score (nSPS) is 17.5. The van der Waals surface area contributed by atoms with Gasteiger partial charge in [0.25, 0.3) is 0 Å². The molecule has 2 heterocycles. The quantitative estimate of drug-likeness (QED) is 0.830. The summed E-state index contributed by atoms with van der Waals surface area (Å²) < 4.78 is 0. The summed E-state index contributed by atoms with van der Waals surface area (Å²) in [6, 6.07) is 12.4. The van der Waals surface area contributed by atoms with Gasteiger partial charge in [-0.2, -0.15) is 0 Å². The van der Waals surface area contributed by atoms with Crippen LogP contribution in [0.5, 0.6) is 0 Å². The predicted molar refractivity (Wildman–Crippen MR) is 106 cm³/mol. The molecule has 1 saturated heterocycles. The first-order valence-corrected chi connectivity index (χ1v) is 9.67. The highest BCUT2D eigenvalue weighted by Gasteiger charge is 2.25. The van der Waals surface area contributed by atoms with E-state index in [4.69, 9.17) is 0 Å². The van der Waals surface area contributed by atoms with Crippen molar-refractivity contribution in [1.29, 1.82) is 0 Å². The fraction of sp³-hybridized carbons (Fsp3) is 0.429. The molecule has 1 aromatic heterocycles. The third-order valence-corrected chi connectivity index (χ3v) is 5.37. The van der Waals surface area contributed by atoms with Gasteiger partial charge in [0, 0.05) is 30.4 Å². The smallest absolute Gasteiger partial charge is 0.228 e. The van der Waals surface area contributed by atoms with Gasteiger partial charge in [-0.1, -0.05) is 6.42 Å². The molecule has 0 spiro atoms. The van der Waals surface area contributed by atoms with E-state index in [2.05, 4.69) is 44.8 Å². The van der Waals surface area contributed by atoms with Crippen LogP contribution in [0.4, 0.5) is 22.9 Å². The van der Waals surface area contributed by atoms with Crippen molar-refractivity contribution in [3.05, 3.63) is 42.6 Å². The van der Waals surface area contributed by atoms with Crippen molar-refractivity contribution in [3.8, 4) is 0 Å². The first kappa shape index (κ1) is 16.9. The number of piperidine rings is 1. The third-order valence-electron chi connectivity index (χ3n) is 5.37. The summed E-state index contributed by atoms with van der Waals surface area (Å²) in [7, 11) is 0. The SMILES string of the molecule is O=C(Nc1ccc(Nc2ccc(N3CCCCC3)cc2)cn1)C1CCC1. The molecule has 4 rings (SSSR count). The highest BCUT2D eigenvalue weighted by molar-refractivity contribution is 5.92. The van der Waals surface area contributed by atoms with Crippen molar-refractivity contribution in [3.63, 3.8) is 0 Å². The highest BCUT2D eigenvalue weighted by Crippen LogP contribution is 2.28. The van der Waals surface area contributed by atoms with Crippen LogP contribution in [0.1, 0.15) is 38.5 Å².